The van der Waals surface area contributed by atoms with Crippen molar-refractivity contribution in [2.75, 3.05) is 31.5 Å². The summed E-state index contributed by atoms with van der Waals surface area (Å²) in [4.78, 5) is 14.0. The van der Waals surface area contributed by atoms with Crippen LogP contribution in [0.15, 0.2) is 18.2 Å². The maximum absolute atomic E-state index is 11.9. The van der Waals surface area contributed by atoms with E-state index in [2.05, 4.69) is 10.2 Å². The fourth-order valence-electron chi connectivity index (χ4n) is 2.24. The molecule has 19 heavy (non-hydrogen) atoms. The molecule has 1 saturated heterocycles. The van der Waals surface area contributed by atoms with Crippen LogP contribution in [-0.2, 0) is 4.79 Å². The van der Waals surface area contributed by atoms with Crippen molar-refractivity contribution in [2.45, 2.75) is 6.42 Å². The van der Waals surface area contributed by atoms with Gasteiger partial charge in [-0.25, -0.2) is 0 Å². The van der Waals surface area contributed by atoms with E-state index in [1.54, 1.807) is 18.2 Å². The fourth-order valence-corrected chi connectivity index (χ4v) is 2.59. The first kappa shape index (κ1) is 14.6. The minimum Gasteiger partial charge on any atom is -0.330 e. The fraction of sp³-hybridized carbons (Fsp3) is 0.462. The Morgan fingerprint density at radius 3 is 2.95 bits per heavy atom. The molecule has 1 heterocycles. The van der Waals surface area contributed by atoms with Crippen molar-refractivity contribution in [3.8, 4) is 0 Å². The van der Waals surface area contributed by atoms with Gasteiger partial charge in [-0.1, -0.05) is 29.3 Å². The van der Waals surface area contributed by atoms with E-state index < -0.39 is 0 Å². The van der Waals surface area contributed by atoms with Gasteiger partial charge < -0.3 is 11.1 Å². The zero-order valence-corrected chi connectivity index (χ0v) is 12.0. The summed E-state index contributed by atoms with van der Waals surface area (Å²) >= 11 is 11.9. The van der Waals surface area contributed by atoms with Gasteiger partial charge in [0.15, 0.2) is 0 Å². The number of halogens is 2. The normalized spacial score (nSPS) is 19.6. The second kappa shape index (κ2) is 6.57. The van der Waals surface area contributed by atoms with E-state index in [0.29, 0.717) is 34.7 Å². The smallest absolute Gasteiger partial charge is 0.238 e. The molecule has 3 N–H and O–H groups in total. The summed E-state index contributed by atoms with van der Waals surface area (Å²) in [6, 6.07) is 5.18. The SMILES string of the molecule is NCC1CCN(CC(=O)Nc2cccc(Cl)c2Cl)C1. The van der Waals surface area contributed by atoms with Crippen molar-refractivity contribution in [3.63, 3.8) is 0 Å². The monoisotopic (exact) mass is 301 g/mol. The molecule has 1 amide bonds. The molecule has 1 atom stereocenters. The molecule has 0 radical (unpaired) electrons. The molecular weight excluding hydrogens is 285 g/mol. The Balaban J connectivity index is 1.89. The topological polar surface area (TPSA) is 58.4 Å². The second-order valence-electron chi connectivity index (χ2n) is 4.78. The third-order valence-corrected chi connectivity index (χ3v) is 4.12. The van der Waals surface area contributed by atoms with Crippen LogP contribution in [0.2, 0.25) is 10.0 Å². The van der Waals surface area contributed by atoms with E-state index in [-0.39, 0.29) is 5.91 Å². The molecule has 1 fully saturated rings. The zero-order valence-electron chi connectivity index (χ0n) is 10.5. The van der Waals surface area contributed by atoms with Crippen LogP contribution < -0.4 is 11.1 Å². The Hall–Kier alpha value is -0.810. The van der Waals surface area contributed by atoms with Gasteiger partial charge in [-0.15, -0.1) is 0 Å². The van der Waals surface area contributed by atoms with Gasteiger partial charge in [0.2, 0.25) is 5.91 Å². The quantitative estimate of drug-likeness (QED) is 0.896. The molecule has 4 nitrogen and oxygen atoms in total. The molecule has 0 saturated carbocycles. The Kier molecular flexibility index (Phi) is 5.05. The molecule has 0 spiro atoms. The van der Waals surface area contributed by atoms with E-state index >= 15 is 0 Å². The van der Waals surface area contributed by atoms with Gasteiger partial charge in [0.05, 0.1) is 22.3 Å². The maximum Gasteiger partial charge on any atom is 0.238 e. The first-order chi connectivity index (χ1) is 9.10. The molecule has 1 unspecified atom stereocenters. The van der Waals surface area contributed by atoms with E-state index in [1.165, 1.54) is 0 Å². The lowest BCUT2D eigenvalue weighted by Gasteiger charge is -2.15. The molecule has 0 aliphatic carbocycles. The van der Waals surface area contributed by atoms with Gasteiger partial charge in [0.1, 0.15) is 0 Å². The van der Waals surface area contributed by atoms with Crippen molar-refractivity contribution in [1.82, 2.24) is 4.90 Å². The molecular formula is C13H17Cl2N3O. The highest BCUT2D eigenvalue weighted by molar-refractivity contribution is 6.43. The van der Waals surface area contributed by atoms with Crippen LogP contribution in [0.3, 0.4) is 0 Å². The molecule has 0 bridgehead atoms. The number of amides is 1. The average Bonchev–Trinajstić information content (AvgIpc) is 2.82. The summed E-state index contributed by atoms with van der Waals surface area (Å²) in [5, 5.41) is 3.59. The van der Waals surface area contributed by atoms with Crippen LogP contribution in [0.1, 0.15) is 6.42 Å². The lowest BCUT2D eigenvalue weighted by molar-refractivity contribution is -0.117. The molecule has 6 heteroatoms. The summed E-state index contributed by atoms with van der Waals surface area (Å²) in [6.45, 7) is 2.84. The Labute approximate surface area is 122 Å². The van der Waals surface area contributed by atoms with Crippen molar-refractivity contribution in [3.05, 3.63) is 28.2 Å². The van der Waals surface area contributed by atoms with Gasteiger partial charge in [0, 0.05) is 6.54 Å². The molecule has 1 aliphatic rings. The summed E-state index contributed by atoms with van der Waals surface area (Å²) in [5.74, 6) is 0.421. The van der Waals surface area contributed by atoms with Crippen molar-refractivity contribution in [2.24, 2.45) is 11.7 Å². The molecule has 2 rings (SSSR count). The number of nitrogens with one attached hydrogen (secondary N) is 1. The maximum atomic E-state index is 11.9. The molecule has 1 aromatic rings. The predicted octanol–water partition coefficient (Wildman–Crippen LogP) is 2.21. The van der Waals surface area contributed by atoms with Crippen LogP contribution in [0.5, 0.6) is 0 Å². The van der Waals surface area contributed by atoms with E-state index in [4.69, 9.17) is 28.9 Å². The molecule has 0 aromatic heterocycles. The largest absolute Gasteiger partial charge is 0.330 e. The third-order valence-electron chi connectivity index (χ3n) is 3.30. The first-order valence-corrected chi connectivity index (χ1v) is 7.02. The number of hydrogen-bond acceptors (Lipinski definition) is 3. The molecule has 1 aromatic carbocycles. The zero-order chi connectivity index (χ0) is 13.8. The number of likely N-dealkylation sites (tertiary alicyclic amines) is 1. The van der Waals surface area contributed by atoms with Crippen LogP contribution in [0.4, 0.5) is 5.69 Å². The predicted molar refractivity (Wildman–Crippen MR) is 78.7 cm³/mol. The number of nitrogens with two attached hydrogens (primary N) is 1. The van der Waals surface area contributed by atoms with Gasteiger partial charge in [0.25, 0.3) is 0 Å². The molecule has 104 valence electrons. The minimum atomic E-state index is -0.0816. The highest BCUT2D eigenvalue weighted by Crippen LogP contribution is 2.29. The average molecular weight is 302 g/mol. The number of hydrogen-bond donors (Lipinski definition) is 2. The highest BCUT2D eigenvalue weighted by Gasteiger charge is 2.23. The van der Waals surface area contributed by atoms with Crippen LogP contribution in [0, 0.1) is 5.92 Å². The van der Waals surface area contributed by atoms with Crippen LogP contribution >= 0.6 is 23.2 Å². The summed E-state index contributed by atoms with van der Waals surface area (Å²) in [7, 11) is 0. The van der Waals surface area contributed by atoms with Gasteiger partial charge in [-0.2, -0.15) is 0 Å². The molecule has 1 aliphatic heterocycles. The Morgan fingerprint density at radius 1 is 1.47 bits per heavy atom. The van der Waals surface area contributed by atoms with Crippen molar-refractivity contribution in [1.29, 1.82) is 0 Å². The number of nitrogens with zero attached hydrogens (tertiary/aromatic N) is 1. The Morgan fingerprint density at radius 2 is 2.26 bits per heavy atom. The van der Waals surface area contributed by atoms with Crippen molar-refractivity contribution < 1.29 is 4.79 Å². The van der Waals surface area contributed by atoms with E-state index in [0.717, 1.165) is 19.5 Å². The number of anilines is 1. The summed E-state index contributed by atoms with van der Waals surface area (Å²) < 4.78 is 0. The lowest BCUT2D eigenvalue weighted by Crippen LogP contribution is -2.32. The van der Waals surface area contributed by atoms with E-state index in [9.17, 15) is 4.79 Å². The number of benzene rings is 1. The highest BCUT2D eigenvalue weighted by atomic mass is 35.5. The third kappa shape index (κ3) is 3.83. The number of carbonyl (C=O) groups is 1. The van der Waals surface area contributed by atoms with Gasteiger partial charge >= 0.3 is 0 Å². The van der Waals surface area contributed by atoms with Gasteiger partial charge in [-0.05, 0) is 37.6 Å². The summed E-state index contributed by atoms with van der Waals surface area (Å²) in [6.07, 6.45) is 1.06. The minimum absolute atomic E-state index is 0.0816. The van der Waals surface area contributed by atoms with Gasteiger partial charge in [-0.3, -0.25) is 9.69 Å². The lowest BCUT2D eigenvalue weighted by atomic mass is 10.1. The number of rotatable bonds is 4. The van der Waals surface area contributed by atoms with Crippen LogP contribution in [0.25, 0.3) is 0 Å². The van der Waals surface area contributed by atoms with E-state index in [1.807, 2.05) is 0 Å². The Bertz CT molecular complexity index is 467. The first-order valence-electron chi connectivity index (χ1n) is 6.26. The van der Waals surface area contributed by atoms with Crippen LogP contribution in [-0.4, -0.2) is 37.0 Å². The standard InChI is InChI=1S/C13H17Cl2N3O/c14-10-2-1-3-11(13(10)15)17-12(19)8-18-5-4-9(6-16)7-18/h1-3,9H,4-8,16H2,(H,17,19). The number of carbonyl (C=O) groups excluding carboxylic acids is 1. The van der Waals surface area contributed by atoms with Crippen molar-refractivity contribution >= 4 is 34.8 Å². The summed E-state index contributed by atoms with van der Waals surface area (Å²) in [5.41, 5.74) is 6.18. The second-order valence-corrected chi connectivity index (χ2v) is 5.56.